The van der Waals surface area contributed by atoms with Crippen LogP contribution < -0.4 is 24.4 Å². The molecular formula is C19H22N2O4. The van der Waals surface area contributed by atoms with E-state index in [9.17, 15) is 0 Å². The van der Waals surface area contributed by atoms with E-state index in [1.54, 1.807) is 28.4 Å². The van der Waals surface area contributed by atoms with Gasteiger partial charge in [0.05, 0.1) is 40.2 Å². The fraction of sp³-hybridized carbons (Fsp3) is 0.316. The summed E-state index contributed by atoms with van der Waals surface area (Å²) >= 11 is 0. The number of nitrogens with one attached hydrogen (secondary N) is 1. The molecule has 2 aromatic rings. The van der Waals surface area contributed by atoms with Gasteiger partial charge in [-0.2, -0.15) is 5.10 Å². The molecule has 0 saturated heterocycles. The van der Waals surface area contributed by atoms with Crippen molar-refractivity contribution in [1.29, 1.82) is 0 Å². The molecule has 0 saturated carbocycles. The van der Waals surface area contributed by atoms with Gasteiger partial charge in [-0.05, 0) is 30.3 Å². The van der Waals surface area contributed by atoms with Crippen LogP contribution in [0.15, 0.2) is 41.5 Å². The molecule has 3 rings (SSSR count). The number of benzene rings is 2. The molecule has 0 aliphatic carbocycles. The molecule has 1 aliphatic heterocycles. The van der Waals surface area contributed by atoms with Crippen LogP contribution in [0.2, 0.25) is 0 Å². The van der Waals surface area contributed by atoms with Gasteiger partial charge in [-0.15, -0.1) is 0 Å². The molecule has 0 aromatic heterocycles. The number of hydrogen-bond donors (Lipinski definition) is 1. The van der Waals surface area contributed by atoms with Gasteiger partial charge in [0, 0.05) is 23.6 Å². The van der Waals surface area contributed by atoms with Gasteiger partial charge in [-0.25, -0.2) is 0 Å². The molecule has 0 fully saturated rings. The van der Waals surface area contributed by atoms with Crippen LogP contribution in [0.1, 0.15) is 23.6 Å². The zero-order valence-electron chi connectivity index (χ0n) is 14.8. The smallest absolute Gasteiger partial charge is 0.161 e. The highest BCUT2D eigenvalue weighted by Gasteiger charge is 2.25. The maximum absolute atomic E-state index is 5.50. The molecule has 0 amide bonds. The molecule has 0 spiro atoms. The van der Waals surface area contributed by atoms with E-state index in [2.05, 4.69) is 10.5 Å². The molecular weight excluding hydrogens is 320 g/mol. The molecule has 132 valence electrons. The summed E-state index contributed by atoms with van der Waals surface area (Å²) in [5.74, 6) is 2.93. The summed E-state index contributed by atoms with van der Waals surface area (Å²) in [5.41, 5.74) is 6.20. The van der Waals surface area contributed by atoms with Crippen LogP contribution >= 0.6 is 0 Å². The predicted molar refractivity (Wildman–Crippen MR) is 96.1 cm³/mol. The minimum atomic E-state index is 0.0453. The first-order valence-electron chi connectivity index (χ1n) is 7.96. The molecule has 1 heterocycles. The van der Waals surface area contributed by atoms with E-state index in [1.807, 2.05) is 36.4 Å². The molecule has 1 unspecified atom stereocenters. The number of hydrogen-bond acceptors (Lipinski definition) is 6. The highest BCUT2D eigenvalue weighted by atomic mass is 16.5. The number of nitrogens with zero attached hydrogens (tertiary/aromatic N) is 1. The lowest BCUT2D eigenvalue weighted by Gasteiger charge is -2.15. The van der Waals surface area contributed by atoms with Gasteiger partial charge in [-0.1, -0.05) is 0 Å². The van der Waals surface area contributed by atoms with Gasteiger partial charge >= 0.3 is 0 Å². The van der Waals surface area contributed by atoms with E-state index in [-0.39, 0.29) is 6.04 Å². The topological polar surface area (TPSA) is 61.3 Å². The predicted octanol–water partition coefficient (Wildman–Crippen LogP) is 3.16. The fourth-order valence-electron chi connectivity index (χ4n) is 2.92. The summed E-state index contributed by atoms with van der Waals surface area (Å²) in [7, 11) is 6.55. The van der Waals surface area contributed by atoms with Gasteiger partial charge < -0.3 is 24.4 Å². The summed E-state index contributed by atoms with van der Waals surface area (Å²) in [4.78, 5) is 0. The Morgan fingerprint density at radius 2 is 1.60 bits per heavy atom. The third-order valence-corrected chi connectivity index (χ3v) is 4.29. The van der Waals surface area contributed by atoms with Crippen molar-refractivity contribution in [3.63, 3.8) is 0 Å². The van der Waals surface area contributed by atoms with Gasteiger partial charge in [0.15, 0.2) is 11.5 Å². The molecule has 1 N–H and O–H groups in total. The van der Waals surface area contributed by atoms with E-state index in [1.165, 1.54) is 0 Å². The molecule has 1 aliphatic rings. The van der Waals surface area contributed by atoms with Crippen molar-refractivity contribution in [1.82, 2.24) is 5.43 Å². The van der Waals surface area contributed by atoms with Crippen molar-refractivity contribution in [3.8, 4) is 23.0 Å². The van der Waals surface area contributed by atoms with E-state index < -0.39 is 0 Å². The van der Waals surface area contributed by atoms with Crippen LogP contribution in [0.25, 0.3) is 0 Å². The number of methoxy groups -OCH3 is 4. The maximum atomic E-state index is 5.50. The lowest BCUT2D eigenvalue weighted by atomic mass is 9.98. The van der Waals surface area contributed by atoms with Crippen molar-refractivity contribution in [2.75, 3.05) is 28.4 Å². The zero-order valence-corrected chi connectivity index (χ0v) is 14.8. The lowest BCUT2D eigenvalue weighted by Crippen LogP contribution is -2.11. The normalized spacial score (nSPS) is 16.0. The molecule has 6 nitrogen and oxygen atoms in total. The molecule has 1 atom stereocenters. The summed E-state index contributed by atoms with van der Waals surface area (Å²) in [6, 6.07) is 11.7. The first kappa shape index (κ1) is 17.0. The summed E-state index contributed by atoms with van der Waals surface area (Å²) in [6.45, 7) is 0. The van der Waals surface area contributed by atoms with E-state index in [4.69, 9.17) is 18.9 Å². The van der Waals surface area contributed by atoms with E-state index in [0.717, 1.165) is 34.8 Å². The van der Waals surface area contributed by atoms with Crippen LogP contribution in [-0.2, 0) is 0 Å². The van der Waals surface area contributed by atoms with Gasteiger partial charge in [0.25, 0.3) is 0 Å². The summed E-state index contributed by atoms with van der Waals surface area (Å²) < 4.78 is 21.4. The first-order valence-corrected chi connectivity index (χ1v) is 7.96. The standard InChI is InChI=1S/C19H22N2O4/c1-22-13-6-7-14(18(10-13)24-3)16-11-15(20-21-16)12-5-8-17(23-2)19(9-12)25-4/h5-10,16,21H,11H2,1-4H3. The Hall–Kier alpha value is -2.89. The van der Waals surface area contributed by atoms with E-state index >= 15 is 0 Å². The van der Waals surface area contributed by atoms with Crippen molar-refractivity contribution < 1.29 is 18.9 Å². The Morgan fingerprint density at radius 3 is 2.28 bits per heavy atom. The van der Waals surface area contributed by atoms with Crippen LogP contribution in [0.4, 0.5) is 0 Å². The Bertz CT molecular complexity index is 789. The Labute approximate surface area is 147 Å². The minimum Gasteiger partial charge on any atom is -0.497 e. The quantitative estimate of drug-likeness (QED) is 0.874. The van der Waals surface area contributed by atoms with Crippen molar-refractivity contribution >= 4 is 5.71 Å². The van der Waals surface area contributed by atoms with Crippen molar-refractivity contribution in [2.24, 2.45) is 5.10 Å². The first-order chi connectivity index (χ1) is 12.2. The second-order valence-electron chi connectivity index (χ2n) is 5.62. The van der Waals surface area contributed by atoms with Crippen LogP contribution in [0.5, 0.6) is 23.0 Å². The monoisotopic (exact) mass is 342 g/mol. The van der Waals surface area contributed by atoms with E-state index in [0.29, 0.717) is 11.5 Å². The fourth-order valence-corrected chi connectivity index (χ4v) is 2.92. The summed E-state index contributed by atoms with van der Waals surface area (Å²) in [6.07, 6.45) is 0.748. The number of ether oxygens (including phenoxy) is 4. The highest BCUT2D eigenvalue weighted by molar-refractivity contribution is 6.02. The minimum absolute atomic E-state index is 0.0453. The average molecular weight is 342 g/mol. The van der Waals surface area contributed by atoms with Crippen LogP contribution in [0, 0.1) is 0 Å². The molecule has 6 heteroatoms. The third-order valence-electron chi connectivity index (χ3n) is 4.29. The largest absolute Gasteiger partial charge is 0.497 e. The van der Waals surface area contributed by atoms with Crippen molar-refractivity contribution in [2.45, 2.75) is 12.5 Å². The maximum Gasteiger partial charge on any atom is 0.161 e. The second-order valence-corrected chi connectivity index (χ2v) is 5.62. The lowest BCUT2D eigenvalue weighted by molar-refractivity contribution is 0.355. The molecule has 2 aromatic carbocycles. The van der Waals surface area contributed by atoms with Crippen LogP contribution in [-0.4, -0.2) is 34.2 Å². The summed E-state index contributed by atoms with van der Waals surface area (Å²) in [5, 5.41) is 4.50. The molecule has 25 heavy (non-hydrogen) atoms. The van der Waals surface area contributed by atoms with Crippen LogP contribution in [0.3, 0.4) is 0 Å². The second kappa shape index (κ2) is 7.34. The Morgan fingerprint density at radius 1 is 0.840 bits per heavy atom. The van der Waals surface area contributed by atoms with Gasteiger partial charge in [0.1, 0.15) is 11.5 Å². The van der Waals surface area contributed by atoms with Crippen molar-refractivity contribution in [3.05, 3.63) is 47.5 Å². The highest BCUT2D eigenvalue weighted by Crippen LogP contribution is 2.35. The molecule has 0 bridgehead atoms. The van der Waals surface area contributed by atoms with Gasteiger partial charge in [0.2, 0.25) is 0 Å². The number of hydrazone groups is 1. The Kier molecular flexibility index (Phi) is 4.97. The zero-order chi connectivity index (χ0) is 17.8. The Balaban J connectivity index is 1.82. The molecule has 0 radical (unpaired) electrons. The number of rotatable bonds is 6. The average Bonchev–Trinajstić information content (AvgIpc) is 3.16. The SMILES string of the molecule is COc1ccc(C2CC(c3ccc(OC)c(OC)c3)=NN2)c(OC)c1. The third kappa shape index (κ3) is 3.33. The van der Waals surface area contributed by atoms with Gasteiger partial charge in [-0.3, -0.25) is 0 Å².